The highest BCUT2D eigenvalue weighted by Gasteiger charge is 2.29. The van der Waals surface area contributed by atoms with E-state index in [-0.39, 0.29) is 44.1 Å². The molecule has 7 nitrogen and oxygen atoms in total. The highest BCUT2D eigenvalue weighted by molar-refractivity contribution is 6.39. The van der Waals surface area contributed by atoms with Crippen molar-refractivity contribution in [2.24, 2.45) is 5.10 Å². The summed E-state index contributed by atoms with van der Waals surface area (Å²) in [5.74, 6) is -1.08. The van der Waals surface area contributed by atoms with E-state index in [0.717, 1.165) is 11.1 Å². The molecule has 0 bridgehead atoms. The summed E-state index contributed by atoms with van der Waals surface area (Å²) < 4.78 is 4.73. The summed E-state index contributed by atoms with van der Waals surface area (Å²) in [6.45, 7) is 0.255. The molecule has 30 heavy (non-hydrogen) atoms. The third-order valence-electron chi connectivity index (χ3n) is 4.65. The fraction of sp³-hybridized carbons (Fsp3) is 0.273. The lowest BCUT2D eigenvalue weighted by molar-refractivity contribution is -0.145. The topological polar surface area (TPSA) is 79.3 Å². The molecular weight excluding hydrogens is 406 g/mol. The van der Waals surface area contributed by atoms with Crippen molar-refractivity contribution in [3.8, 4) is 0 Å². The maximum absolute atomic E-state index is 13.1. The molecule has 0 fully saturated rings. The van der Waals surface area contributed by atoms with Crippen molar-refractivity contribution in [3.63, 3.8) is 0 Å². The van der Waals surface area contributed by atoms with E-state index < -0.39 is 11.9 Å². The van der Waals surface area contributed by atoms with Crippen LogP contribution in [0.5, 0.6) is 0 Å². The first-order valence-electron chi connectivity index (χ1n) is 9.48. The first-order chi connectivity index (χ1) is 14.5. The van der Waals surface area contributed by atoms with E-state index in [1.54, 1.807) is 24.3 Å². The van der Waals surface area contributed by atoms with Gasteiger partial charge in [-0.15, -0.1) is 0 Å². The molecule has 0 unspecified atom stereocenters. The van der Waals surface area contributed by atoms with E-state index in [1.807, 2.05) is 30.3 Å². The van der Waals surface area contributed by atoms with Crippen molar-refractivity contribution in [2.75, 3.05) is 13.7 Å². The number of nitrogens with zero attached hydrogens (tertiary/aromatic N) is 3. The summed E-state index contributed by atoms with van der Waals surface area (Å²) in [6, 6.07) is 16.4. The lowest BCUT2D eigenvalue weighted by Gasteiger charge is -2.27. The Hall–Kier alpha value is -3.19. The first-order valence-corrected chi connectivity index (χ1v) is 9.86. The number of carbonyl (C=O) groups excluding carboxylic acids is 3. The molecule has 1 heterocycles. The molecule has 0 atom stereocenters. The predicted molar refractivity (Wildman–Crippen MR) is 113 cm³/mol. The Morgan fingerprint density at radius 3 is 2.43 bits per heavy atom. The van der Waals surface area contributed by atoms with Crippen LogP contribution in [0.1, 0.15) is 24.0 Å². The van der Waals surface area contributed by atoms with Crippen molar-refractivity contribution < 1.29 is 19.1 Å². The number of halogens is 1. The molecule has 156 valence electrons. The minimum atomic E-state index is -0.536. The van der Waals surface area contributed by atoms with E-state index in [1.165, 1.54) is 17.0 Å². The number of amides is 2. The first kappa shape index (κ1) is 21.5. The fourth-order valence-corrected chi connectivity index (χ4v) is 3.17. The Kier molecular flexibility index (Phi) is 7.19. The van der Waals surface area contributed by atoms with Crippen LogP contribution in [0.15, 0.2) is 59.7 Å². The minimum absolute atomic E-state index is 0.146. The molecule has 0 N–H and O–H groups in total. The van der Waals surface area contributed by atoms with Crippen LogP contribution in [-0.4, -0.2) is 47.1 Å². The maximum atomic E-state index is 13.1. The van der Waals surface area contributed by atoms with Crippen molar-refractivity contribution in [2.45, 2.75) is 25.9 Å². The summed E-state index contributed by atoms with van der Waals surface area (Å²) in [4.78, 5) is 38.7. The lowest BCUT2D eigenvalue weighted by atomic mass is 10.1. The number of hydrogen-bond donors (Lipinski definition) is 0. The SMILES string of the molecule is COC(=O)CN(Cc1ccc(Cl)cc1)C(=O)C1=NN(Cc2ccccc2)C(=O)CC1. The molecule has 2 amide bonds. The molecule has 0 saturated carbocycles. The molecule has 2 aromatic rings. The largest absolute Gasteiger partial charge is 0.468 e. The second-order valence-corrected chi connectivity index (χ2v) is 7.28. The average molecular weight is 428 g/mol. The Labute approximate surface area is 179 Å². The van der Waals surface area contributed by atoms with Crippen LogP contribution >= 0.6 is 11.6 Å². The van der Waals surface area contributed by atoms with Gasteiger partial charge in [0.2, 0.25) is 5.91 Å². The summed E-state index contributed by atoms with van der Waals surface area (Å²) >= 11 is 5.92. The third kappa shape index (κ3) is 5.67. The van der Waals surface area contributed by atoms with Crippen molar-refractivity contribution in [3.05, 3.63) is 70.7 Å². The second kappa shape index (κ2) is 10.0. The molecule has 0 radical (unpaired) electrons. The molecule has 2 aromatic carbocycles. The number of benzene rings is 2. The van der Waals surface area contributed by atoms with Gasteiger partial charge in [0.1, 0.15) is 12.3 Å². The van der Waals surface area contributed by atoms with Gasteiger partial charge < -0.3 is 9.64 Å². The number of ether oxygens (including phenoxy) is 1. The number of hydrogen-bond acceptors (Lipinski definition) is 5. The number of carbonyl (C=O) groups is 3. The van der Waals surface area contributed by atoms with Gasteiger partial charge in [-0.3, -0.25) is 14.4 Å². The van der Waals surface area contributed by atoms with Gasteiger partial charge in [-0.2, -0.15) is 5.10 Å². The molecule has 0 aromatic heterocycles. The Bertz CT molecular complexity index is 945. The molecule has 3 rings (SSSR count). The molecule has 1 aliphatic heterocycles. The zero-order valence-electron chi connectivity index (χ0n) is 16.6. The van der Waals surface area contributed by atoms with Crippen LogP contribution in [0.25, 0.3) is 0 Å². The van der Waals surface area contributed by atoms with Gasteiger partial charge in [-0.1, -0.05) is 54.1 Å². The number of rotatable bonds is 7. The van der Waals surface area contributed by atoms with Crippen LogP contribution in [0.3, 0.4) is 0 Å². The quantitative estimate of drug-likeness (QED) is 0.636. The summed E-state index contributed by atoms with van der Waals surface area (Å²) in [5.41, 5.74) is 1.96. The van der Waals surface area contributed by atoms with Gasteiger partial charge >= 0.3 is 5.97 Å². The van der Waals surface area contributed by atoms with Crippen LogP contribution < -0.4 is 0 Å². The lowest BCUT2D eigenvalue weighted by Crippen LogP contribution is -2.43. The molecule has 0 saturated heterocycles. The molecular formula is C22H22ClN3O4. The third-order valence-corrected chi connectivity index (χ3v) is 4.90. The maximum Gasteiger partial charge on any atom is 0.325 e. The molecule has 8 heteroatoms. The standard InChI is InChI=1S/C22H22ClN3O4/c1-30-21(28)15-25(13-17-7-9-18(23)10-8-17)22(29)19-11-12-20(27)26(24-19)14-16-5-3-2-4-6-16/h2-10H,11-15H2,1H3. The van der Waals surface area contributed by atoms with Crippen molar-refractivity contribution in [1.29, 1.82) is 0 Å². The van der Waals surface area contributed by atoms with Gasteiger partial charge in [-0.25, -0.2) is 5.01 Å². The summed E-state index contributed by atoms with van der Waals surface area (Å²) in [5, 5.41) is 6.19. The Balaban J connectivity index is 1.80. The van der Waals surface area contributed by atoms with Gasteiger partial charge in [0.05, 0.1) is 13.7 Å². The molecule has 1 aliphatic rings. The highest BCUT2D eigenvalue weighted by atomic mass is 35.5. The molecule has 0 spiro atoms. The Morgan fingerprint density at radius 2 is 1.77 bits per heavy atom. The van der Waals surface area contributed by atoms with Crippen LogP contribution in [0.2, 0.25) is 5.02 Å². The van der Waals surface area contributed by atoms with Gasteiger partial charge in [0.15, 0.2) is 0 Å². The zero-order chi connectivity index (χ0) is 21.5. The summed E-state index contributed by atoms with van der Waals surface area (Å²) in [7, 11) is 1.27. The van der Waals surface area contributed by atoms with E-state index in [2.05, 4.69) is 5.10 Å². The van der Waals surface area contributed by atoms with E-state index in [0.29, 0.717) is 5.02 Å². The number of methoxy groups -OCH3 is 1. The van der Waals surface area contributed by atoms with E-state index in [9.17, 15) is 14.4 Å². The smallest absolute Gasteiger partial charge is 0.325 e. The van der Waals surface area contributed by atoms with Gasteiger partial charge in [0, 0.05) is 24.4 Å². The van der Waals surface area contributed by atoms with E-state index >= 15 is 0 Å². The minimum Gasteiger partial charge on any atom is -0.468 e. The second-order valence-electron chi connectivity index (χ2n) is 6.85. The van der Waals surface area contributed by atoms with Gasteiger partial charge in [-0.05, 0) is 23.3 Å². The van der Waals surface area contributed by atoms with Crippen LogP contribution in [0, 0.1) is 0 Å². The fourth-order valence-electron chi connectivity index (χ4n) is 3.05. The van der Waals surface area contributed by atoms with Crippen molar-refractivity contribution in [1.82, 2.24) is 9.91 Å². The van der Waals surface area contributed by atoms with Crippen molar-refractivity contribution >= 4 is 35.1 Å². The number of esters is 1. The summed E-state index contributed by atoms with van der Waals surface area (Å²) in [6.07, 6.45) is 0.408. The highest BCUT2D eigenvalue weighted by Crippen LogP contribution is 2.17. The monoisotopic (exact) mass is 427 g/mol. The van der Waals surface area contributed by atoms with Gasteiger partial charge in [0.25, 0.3) is 5.91 Å². The van der Waals surface area contributed by atoms with E-state index in [4.69, 9.17) is 16.3 Å². The average Bonchev–Trinajstić information content (AvgIpc) is 2.76. The Morgan fingerprint density at radius 1 is 1.07 bits per heavy atom. The van der Waals surface area contributed by atoms with Crippen LogP contribution in [0.4, 0.5) is 0 Å². The normalized spacial score (nSPS) is 13.6. The number of hydrazone groups is 1. The zero-order valence-corrected chi connectivity index (χ0v) is 17.3. The predicted octanol–water partition coefficient (Wildman–Crippen LogP) is 3.02. The molecule has 0 aliphatic carbocycles. The van der Waals surface area contributed by atoms with Crippen LogP contribution in [-0.2, 0) is 32.2 Å².